The van der Waals surface area contributed by atoms with Crippen LogP contribution in [0.15, 0.2) is 43.0 Å². The zero-order valence-electron chi connectivity index (χ0n) is 18.2. The zero-order valence-corrected chi connectivity index (χ0v) is 18.2. The van der Waals surface area contributed by atoms with E-state index in [2.05, 4.69) is 52.5 Å². The minimum Gasteiger partial charge on any atom is -0.389 e. The van der Waals surface area contributed by atoms with Gasteiger partial charge in [-0.05, 0) is 52.8 Å². The normalized spacial score (nSPS) is 12.2. The summed E-state index contributed by atoms with van der Waals surface area (Å²) in [5.41, 5.74) is 4.32. The molecular weight excluding hydrogens is 376 g/mol. The van der Waals surface area contributed by atoms with Crippen LogP contribution in [-0.2, 0) is 13.0 Å². The third-order valence-electron chi connectivity index (χ3n) is 5.00. The zero-order chi connectivity index (χ0) is 21.5. The minimum atomic E-state index is -0.831. The highest BCUT2D eigenvalue weighted by Crippen LogP contribution is 2.24. The molecule has 4 rings (SSSR count). The van der Waals surface area contributed by atoms with Gasteiger partial charge in [-0.1, -0.05) is 0 Å². The minimum absolute atomic E-state index is 0.392. The lowest BCUT2D eigenvalue weighted by atomic mass is 10.1. The Morgan fingerprint density at radius 2 is 1.90 bits per heavy atom. The Kier molecular flexibility index (Phi) is 5.15. The van der Waals surface area contributed by atoms with Gasteiger partial charge in [0.1, 0.15) is 0 Å². The Morgan fingerprint density at radius 3 is 2.63 bits per heavy atom. The lowest BCUT2D eigenvalue weighted by Crippen LogP contribution is -2.26. The first kappa shape index (κ1) is 20.2. The topological polar surface area (TPSA) is 81.7 Å². The number of aromatic nitrogens is 6. The molecule has 0 saturated heterocycles. The van der Waals surface area contributed by atoms with Gasteiger partial charge in [0.25, 0.3) is 0 Å². The monoisotopic (exact) mass is 404 g/mol. The second-order valence-electron chi connectivity index (χ2n) is 8.77. The summed E-state index contributed by atoms with van der Waals surface area (Å²) in [6, 6.07) is 6.65. The maximum absolute atomic E-state index is 9.99. The van der Waals surface area contributed by atoms with Crippen molar-refractivity contribution in [2.24, 2.45) is 0 Å². The van der Waals surface area contributed by atoms with Crippen molar-refractivity contribution >= 4 is 10.9 Å². The molecule has 30 heavy (non-hydrogen) atoms. The number of fused-ring (bicyclic) bond motifs is 1. The summed E-state index contributed by atoms with van der Waals surface area (Å²) in [4.78, 5) is 13.8. The van der Waals surface area contributed by atoms with E-state index < -0.39 is 5.60 Å². The van der Waals surface area contributed by atoms with Crippen LogP contribution in [0.5, 0.6) is 0 Å². The van der Waals surface area contributed by atoms with Gasteiger partial charge in [-0.2, -0.15) is 5.10 Å². The van der Waals surface area contributed by atoms with Crippen molar-refractivity contribution in [1.82, 2.24) is 29.3 Å². The van der Waals surface area contributed by atoms with Crippen LogP contribution >= 0.6 is 0 Å². The Bertz CT molecular complexity index is 1180. The summed E-state index contributed by atoms with van der Waals surface area (Å²) in [5, 5.41) is 15.5. The summed E-state index contributed by atoms with van der Waals surface area (Å²) in [6.07, 6.45) is 7.93. The standard InChI is InChI=1S/C23H28N6O/c1-15(2)29-16(3)8-17-11-25-20(10-21(17)29)9-19-6-7-24-22(27-19)18-12-26-28(13-18)14-23(4,5)30/h6-8,10-13,15,30H,9,14H2,1-5H3. The molecule has 0 fully saturated rings. The van der Waals surface area contributed by atoms with Crippen molar-refractivity contribution in [1.29, 1.82) is 0 Å². The fourth-order valence-electron chi connectivity index (χ4n) is 3.86. The molecule has 0 unspecified atom stereocenters. The van der Waals surface area contributed by atoms with Gasteiger partial charge >= 0.3 is 0 Å². The molecule has 0 aliphatic heterocycles. The van der Waals surface area contributed by atoms with Gasteiger partial charge in [0.05, 0.1) is 35.1 Å². The molecule has 156 valence electrons. The van der Waals surface area contributed by atoms with E-state index in [1.165, 1.54) is 11.2 Å². The average Bonchev–Trinajstić information content (AvgIpc) is 3.23. The second kappa shape index (κ2) is 7.65. The number of pyridine rings is 1. The third kappa shape index (κ3) is 4.26. The Morgan fingerprint density at radius 1 is 1.10 bits per heavy atom. The molecule has 0 spiro atoms. The van der Waals surface area contributed by atoms with Crippen molar-refractivity contribution in [3.8, 4) is 11.4 Å². The second-order valence-corrected chi connectivity index (χ2v) is 8.77. The van der Waals surface area contributed by atoms with Crippen molar-refractivity contribution in [3.63, 3.8) is 0 Å². The smallest absolute Gasteiger partial charge is 0.162 e. The molecule has 0 atom stereocenters. The lowest BCUT2D eigenvalue weighted by molar-refractivity contribution is 0.0577. The van der Waals surface area contributed by atoms with Gasteiger partial charge in [-0.3, -0.25) is 9.67 Å². The van der Waals surface area contributed by atoms with Crippen LogP contribution in [0, 0.1) is 6.92 Å². The van der Waals surface area contributed by atoms with Gasteiger partial charge in [-0.25, -0.2) is 9.97 Å². The van der Waals surface area contributed by atoms with Crippen LogP contribution in [0.3, 0.4) is 0 Å². The Labute approximate surface area is 176 Å². The van der Waals surface area contributed by atoms with Crippen LogP contribution in [0.25, 0.3) is 22.3 Å². The quantitative estimate of drug-likeness (QED) is 0.526. The number of rotatable bonds is 6. The summed E-state index contributed by atoms with van der Waals surface area (Å²) >= 11 is 0. The molecule has 0 radical (unpaired) electrons. The molecular formula is C23H28N6O. The first-order valence-corrected chi connectivity index (χ1v) is 10.2. The largest absolute Gasteiger partial charge is 0.389 e. The highest BCUT2D eigenvalue weighted by molar-refractivity contribution is 5.81. The van der Waals surface area contributed by atoms with Crippen molar-refractivity contribution in [3.05, 3.63) is 60.1 Å². The molecule has 0 amide bonds. The summed E-state index contributed by atoms with van der Waals surface area (Å²) < 4.78 is 4.05. The lowest BCUT2D eigenvalue weighted by Gasteiger charge is -2.16. The molecule has 0 aliphatic carbocycles. The number of hydrogen-bond acceptors (Lipinski definition) is 5. The van der Waals surface area contributed by atoms with E-state index in [1.807, 2.05) is 18.5 Å². The van der Waals surface area contributed by atoms with Gasteiger partial charge in [0.2, 0.25) is 0 Å². The predicted molar refractivity (Wildman–Crippen MR) is 117 cm³/mol. The Balaban J connectivity index is 1.60. The number of aryl methyl sites for hydroxylation is 1. The van der Waals surface area contributed by atoms with E-state index in [9.17, 15) is 5.11 Å². The van der Waals surface area contributed by atoms with Crippen molar-refractivity contribution < 1.29 is 5.11 Å². The maximum atomic E-state index is 9.99. The fraction of sp³-hybridized carbons (Fsp3) is 0.391. The fourth-order valence-corrected chi connectivity index (χ4v) is 3.86. The summed E-state index contributed by atoms with van der Waals surface area (Å²) in [7, 11) is 0. The number of hydrogen-bond donors (Lipinski definition) is 1. The molecule has 4 heterocycles. The predicted octanol–water partition coefficient (Wildman–Crippen LogP) is 3.94. The van der Waals surface area contributed by atoms with Crippen LogP contribution < -0.4 is 0 Å². The molecule has 0 aromatic carbocycles. The van der Waals surface area contributed by atoms with Gasteiger partial charge in [0, 0.05) is 47.8 Å². The maximum Gasteiger partial charge on any atom is 0.162 e. The van der Waals surface area contributed by atoms with Crippen molar-refractivity contribution in [2.75, 3.05) is 0 Å². The Hall–Kier alpha value is -3.06. The molecule has 4 aromatic rings. The SMILES string of the molecule is Cc1cc2cnc(Cc3ccnc(-c4cnn(CC(C)(C)O)c4)n3)cc2n1C(C)C. The van der Waals surface area contributed by atoms with E-state index in [0.29, 0.717) is 24.8 Å². The summed E-state index contributed by atoms with van der Waals surface area (Å²) in [5.74, 6) is 0.622. The van der Waals surface area contributed by atoms with Crippen molar-refractivity contribution in [2.45, 2.75) is 59.2 Å². The van der Waals surface area contributed by atoms with E-state index in [0.717, 1.165) is 22.3 Å². The number of nitrogens with zero attached hydrogens (tertiary/aromatic N) is 6. The first-order chi connectivity index (χ1) is 14.2. The van der Waals surface area contributed by atoms with E-state index in [4.69, 9.17) is 4.98 Å². The number of aliphatic hydroxyl groups is 1. The van der Waals surface area contributed by atoms with E-state index in [1.54, 1.807) is 30.9 Å². The van der Waals surface area contributed by atoms with E-state index in [-0.39, 0.29) is 0 Å². The summed E-state index contributed by atoms with van der Waals surface area (Å²) in [6.45, 7) is 10.4. The average molecular weight is 405 g/mol. The molecule has 0 bridgehead atoms. The van der Waals surface area contributed by atoms with Crippen LogP contribution in [0.4, 0.5) is 0 Å². The van der Waals surface area contributed by atoms with Crippen LogP contribution in [0.1, 0.15) is 50.8 Å². The molecule has 0 saturated carbocycles. The molecule has 4 aromatic heterocycles. The van der Waals surface area contributed by atoms with E-state index >= 15 is 0 Å². The van der Waals surface area contributed by atoms with Crippen LogP contribution in [0.2, 0.25) is 0 Å². The van der Waals surface area contributed by atoms with Gasteiger partial charge < -0.3 is 9.67 Å². The highest BCUT2D eigenvalue weighted by Gasteiger charge is 2.15. The first-order valence-electron chi connectivity index (χ1n) is 10.2. The highest BCUT2D eigenvalue weighted by atomic mass is 16.3. The van der Waals surface area contributed by atoms with Crippen LogP contribution in [-0.4, -0.2) is 40.0 Å². The third-order valence-corrected chi connectivity index (χ3v) is 5.00. The molecule has 7 nitrogen and oxygen atoms in total. The van der Waals surface area contributed by atoms with Gasteiger partial charge in [0.15, 0.2) is 5.82 Å². The van der Waals surface area contributed by atoms with Gasteiger partial charge in [-0.15, -0.1) is 0 Å². The molecule has 1 N–H and O–H groups in total. The molecule has 7 heteroatoms. The molecule has 0 aliphatic rings.